The van der Waals surface area contributed by atoms with Gasteiger partial charge in [-0.2, -0.15) is 0 Å². The van der Waals surface area contributed by atoms with Crippen LogP contribution in [0.3, 0.4) is 0 Å². The summed E-state index contributed by atoms with van der Waals surface area (Å²) in [5, 5.41) is 9.90. The van der Waals surface area contributed by atoms with Gasteiger partial charge in [-0.15, -0.1) is 10.2 Å². The molecule has 0 radical (unpaired) electrons. The maximum absolute atomic E-state index is 13.1. The number of fused-ring (bicyclic) bond motifs is 2. The smallest absolute Gasteiger partial charge is 0.254 e. The Labute approximate surface area is 152 Å². The lowest BCUT2D eigenvalue weighted by molar-refractivity contribution is 0.0680. The van der Waals surface area contributed by atoms with Crippen molar-refractivity contribution in [2.75, 3.05) is 6.54 Å². The molecular formula is C20H23N5O. The van der Waals surface area contributed by atoms with E-state index in [2.05, 4.69) is 40.5 Å². The number of carbonyl (C=O) groups excluding carboxylic acids is 1. The van der Waals surface area contributed by atoms with Crippen LogP contribution in [0.5, 0.6) is 0 Å². The molecule has 1 fully saturated rings. The molecule has 2 aliphatic rings. The number of hydrogen-bond acceptors (Lipinski definition) is 3. The number of hydrogen-bond donors (Lipinski definition) is 1. The highest BCUT2D eigenvalue weighted by atomic mass is 16.2. The molecule has 0 spiro atoms. The molecule has 3 heterocycles. The zero-order chi connectivity index (χ0) is 18.0. The van der Waals surface area contributed by atoms with E-state index in [1.54, 1.807) is 0 Å². The molecule has 1 atom stereocenters. The van der Waals surface area contributed by atoms with Gasteiger partial charge in [0, 0.05) is 34.6 Å². The minimum atomic E-state index is 0.0687. The van der Waals surface area contributed by atoms with Gasteiger partial charge >= 0.3 is 0 Å². The highest BCUT2D eigenvalue weighted by Gasteiger charge is 2.35. The van der Waals surface area contributed by atoms with Crippen molar-refractivity contribution in [1.29, 1.82) is 0 Å². The van der Waals surface area contributed by atoms with E-state index in [1.807, 2.05) is 23.1 Å². The fourth-order valence-corrected chi connectivity index (χ4v) is 4.11. The number of H-pyrrole nitrogens is 1. The molecule has 3 aromatic rings. The maximum atomic E-state index is 13.1. The molecule has 134 valence electrons. The Morgan fingerprint density at radius 2 is 2.04 bits per heavy atom. The molecule has 1 aliphatic carbocycles. The Balaban J connectivity index is 1.46. The van der Waals surface area contributed by atoms with Crippen LogP contribution in [-0.4, -0.2) is 37.1 Å². The minimum absolute atomic E-state index is 0.0687. The second-order valence-corrected chi connectivity index (χ2v) is 7.79. The highest BCUT2D eigenvalue weighted by molar-refractivity contribution is 5.99. The highest BCUT2D eigenvalue weighted by Crippen LogP contribution is 2.41. The summed E-state index contributed by atoms with van der Waals surface area (Å²) in [7, 11) is 0. The van der Waals surface area contributed by atoms with E-state index in [-0.39, 0.29) is 11.9 Å². The van der Waals surface area contributed by atoms with Crippen molar-refractivity contribution in [2.24, 2.45) is 0 Å². The van der Waals surface area contributed by atoms with E-state index in [0.717, 1.165) is 33.8 Å². The van der Waals surface area contributed by atoms with Crippen LogP contribution < -0.4 is 0 Å². The Morgan fingerprint density at radius 1 is 1.23 bits per heavy atom. The molecule has 5 rings (SSSR count). The van der Waals surface area contributed by atoms with Gasteiger partial charge in [0.25, 0.3) is 5.91 Å². The number of aryl methyl sites for hydroxylation is 2. The van der Waals surface area contributed by atoms with Crippen molar-refractivity contribution < 1.29 is 4.79 Å². The quantitative estimate of drug-likeness (QED) is 0.770. The van der Waals surface area contributed by atoms with Gasteiger partial charge in [-0.25, -0.2) is 0 Å². The number of carbonyl (C=O) groups is 1. The molecule has 6 nitrogen and oxygen atoms in total. The first-order valence-electron chi connectivity index (χ1n) is 9.35. The molecule has 0 saturated heterocycles. The van der Waals surface area contributed by atoms with E-state index in [4.69, 9.17) is 0 Å². The Morgan fingerprint density at radius 3 is 2.81 bits per heavy atom. The fourth-order valence-electron chi connectivity index (χ4n) is 4.11. The SMILES string of the molecule is Cc1[nH]c2ccc(C(=O)N3Cc4nnc(C5CC5)n4[C@@H](C)C3)cc2c1C. The van der Waals surface area contributed by atoms with Crippen LogP contribution in [0.1, 0.15) is 65.0 Å². The third kappa shape index (κ3) is 2.28. The molecule has 1 saturated carbocycles. The average molecular weight is 349 g/mol. The number of aromatic nitrogens is 4. The second-order valence-electron chi connectivity index (χ2n) is 7.79. The Bertz CT molecular complexity index is 1030. The first-order valence-corrected chi connectivity index (χ1v) is 9.35. The van der Waals surface area contributed by atoms with Crippen LogP contribution in [0.4, 0.5) is 0 Å². The molecule has 1 aromatic carbocycles. The molecule has 1 amide bonds. The monoisotopic (exact) mass is 349 g/mol. The topological polar surface area (TPSA) is 66.8 Å². The second kappa shape index (κ2) is 5.43. The van der Waals surface area contributed by atoms with E-state index < -0.39 is 0 Å². The molecule has 6 heteroatoms. The number of benzene rings is 1. The summed E-state index contributed by atoms with van der Waals surface area (Å²) < 4.78 is 2.25. The lowest BCUT2D eigenvalue weighted by Gasteiger charge is -2.32. The van der Waals surface area contributed by atoms with Gasteiger partial charge in [0.05, 0.1) is 12.6 Å². The molecule has 0 unspecified atom stereocenters. The van der Waals surface area contributed by atoms with Crippen LogP contribution in [0.15, 0.2) is 18.2 Å². The van der Waals surface area contributed by atoms with Gasteiger partial charge in [0.1, 0.15) is 5.82 Å². The zero-order valence-electron chi connectivity index (χ0n) is 15.4. The first-order chi connectivity index (χ1) is 12.5. The minimum Gasteiger partial charge on any atom is -0.358 e. The third-order valence-corrected chi connectivity index (χ3v) is 5.84. The Hall–Kier alpha value is -2.63. The third-order valence-electron chi connectivity index (χ3n) is 5.84. The standard InChI is InChI=1S/C20H23N5O/c1-11-9-24(10-18-22-23-19(25(11)18)14-4-5-14)20(26)15-6-7-17-16(8-15)12(2)13(3)21-17/h6-8,11,14,21H,4-5,9-10H2,1-3H3/t11-/m0/s1. The van der Waals surface area contributed by atoms with Gasteiger partial charge in [0.15, 0.2) is 5.82 Å². The van der Waals surface area contributed by atoms with E-state index >= 15 is 0 Å². The van der Waals surface area contributed by atoms with Crippen LogP contribution in [0.25, 0.3) is 10.9 Å². The van der Waals surface area contributed by atoms with Crippen molar-refractivity contribution in [3.05, 3.63) is 46.7 Å². The number of amides is 1. The summed E-state index contributed by atoms with van der Waals surface area (Å²) >= 11 is 0. The van der Waals surface area contributed by atoms with E-state index in [0.29, 0.717) is 19.0 Å². The molecule has 26 heavy (non-hydrogen) atoms. The van der Waals surface area contributed by atoms with Crippen LogP contribution in [-0.2, 0) is 6.54 Å². The molecule has 2 aromatic heterocycles. The summed E-state index contributed by atoms with van der Waals surface area (Å²) in [6.07, 6.45) is 2.42. The number of aromatic amines is 1. The van der Waals surface area contributed by atoms with Gasteiger partial charge in [-0.05, 0) is 57.4 Å². The molecule has 1 aliphatic heterocycles. The average Bonchev–Trinajstić information content (AvgIpc) is 3.32. The summed E-state index contributed by atoms with van der Waals surface area (Å²) in [4.78, 5) is 18.4. The number of nitrogens with one attached hydrogen (secondary N) is 1. The largest absolute Gasteiger partial charge is 0.358 e. The lowest BCUT2D eigenvalue weighted by Crippen LogP contribution is -2.40. The summed E-state index contributed by atoms with van der Waals surface area (Å²) in [5.74, 6) is 2.66. The molecule has 0 bridgehead atoms. The summed E-state index contributed by atoms with van der Waals surface area (Å²) in [5.41, 5.74) is 4.17. The van der Waals surface area contributed by atoms with Crippen molar-refractivity contribution >= 4 is 16.8 Å². The summed E-state index contributed by atoms with van der Waals surface area (Å²) in [6, 6.07) is 6.15. The fraction of sp³-hybridized carbons (Fsp3) is 0.450. The predicted molar refractivity (Wildman–Crippen MR) is 99.2 cm³/mol. The van der Waals surface area contributed by atoms with Gasteiger partial charge in [-0.1, -0.05) is 0 Å². The van der Waals surface area contributed by atoms with Gasteiger partial charge in [0.2, 0.25) is 0 Å². The Kier molecular flexibility index (Phi) is 3.26. The molecule has 1 N–H and O–H groups in total. The van der Waals surface area contributed by atoms with Gasteiger partial charge in [-0.3, -0.25) is 4.79 Å². The molecular weight excluding hydrogens is 326 g/mol. The van der Waals surface area contributed by atoms with E-state index in [1.165, 1.54) is 18.4 Å². The van der Waals surface area contributed by atoms with Gasteiger partial charge < -0.3 is 14.5 Å². The predicted octanol–water partition coefficient (Wildman–Crippen LogP) is 3.47. The maximum Gasteiger partial charge on any atom is 0.254 e. The van der Waals surface area contributed by atoms with Crippen LogP contribution in [0, 0.1) is 13.8 Å². The zero-order valence-corrected chi connectivity index (χ0v) is 15.4. The van der Waals surface area contributed by atoms with E-state index in [9.17, 15) is 4.79 Å². The van der Waals surface area contributed by atoms with Crippen molar-refractivity contribution in [1.82, 2.24) is 24.6 Å². The lowest BCUT2D eigenvalue weighted by atomic mass is 10.1. The van der Waals surface area contributed by atoms with Crippen molar-refractivity contribution in [3.8, 4) is 0 Å². The summed E-state index contributed by atoms with van der Waals surface area (Å²) in [6.45, 7) is 7.54. The van der Waals surface area contributed by atoms with Crippen LogP contribution in [0.2, 0.25) is 0 Å². The van der Waals surface area contributed by atoms with Crippen molar-refractivity contribution in [2.45, 2.75) is 52.1 Å². The van der Waals surface area contributed by atoms with Crippen LogP contribution >= 0.6 is 0 Å². The number of rotatable bonds is 2. The number of nitrogens with zero attached hydrogens (tertiary/aromatic N) is 4. The normalized spacial score (nSPS) is 19.8. The van der Waals surface area contributed by atoms with Crippen molar-refractivity contribution in [3.63, 3.8) is 0 Å². The first kappa shape index (κ1) is 15.6.